The first-order valence-corrected chi connectivity index (χ1v) is 9.81. The summed E-state index contributed by atoms with van der Waals surface area (Å²) in [7, 11) is 4.07. The Bertz CT molecular complexity index is 947. The third kappa shape index (κ3) is 3.58. The van der Waals surface area contributed by atoms with Crippen LogP contribution in [0, 0.1) is 0 Å². The smallest absolute Gasteiger partial charge is 0.272 e. The van der Waals surface area contributed by atoms with Crippen LogP contribution >= 0.6 is 0 Å². The topological polar surface area (TPSA) is 50.2 Å². The molecule has 28 heavy (non-hydrogen) atoms. The van der Waals surface area contributed by atoms with Crippen LogP contribution < -0.4 is 5.32 Å². The standard InChI is InChI=1S/C23H26N4O/c1-26(2)21(17-10-5-3-6-11-17)16-24-23(28)22-19-14-9-15-20(19)27(25-22)18-12-7-4-8-13-18/h3-8,10-13,21H,9,14-16H2,1-2H3,(H,24,28). The minimum absolute atomic E-state index is 0.0874. The van der Waals surface area contributed by atoms with Crippen molar-refractivity contribution in [3.63, 3.8) is 0 Å². The number of fused-ring (bicyclic) bond motifs is 1. The highest BCUT2D eigenvalue weighted by molar-refractivity contribution is 5.94. The van der Waals surface area contributed by atoms with Crippen molar-refractivity contribution < 1.29 is 4.79 Å². The average Bonchev–Trinajstić information content (AvgIpc) is 3.32. The predicted octanol–water partition coefficient (Wildman–Crippen LogP) is 3.39. The number of carbonyl (C=O) groups is 1. The van der Waals surface area contributed by atoms with E-state index in [4.69, 9.17) is 0 Å². The fourth-order valence-corrected chi connectivity index (χ4v) is 3.95. The summed E-state index contributed by atoms with van der Waals surface area (Å²) in [6.45, 7) is 0.544. The van der Waals surface area contributed by atoms with E-state index in [1.165, 1.54) is 11.3 Å². The maximum atomic E-state index is 13.0. The number of nitrogens with zero attached hydrogens (tertiary/aromatic N) is 3. The molecule has 1 N–H and O–H groups in total. The molecule has 1 amide bonds. The molecule has 0 saturated carbocycles. The Kier molecular flexibility index (Phi) is 5.26. The molecular weight excluding hydrogens is 348 g/mol. The van der Waals surface area contributed by atoms with Crippen molar-refractivity contribution in [2.24, 2.45) is 0 Å². The van der Waals surface area contributed by atoms with E-state index in [1.807, 2.05) is 67.3 Å². The van der Waals surface area contributed by atoms with Gasteiger partial charge in [-0.15, -0.1) is 0 Å². The molecule has 5 heteroatoms. The van der Waals surface area contributed by atoms with Gasteiger partial charge in [0.25, 0.3) is 5.91 Å². The molecule has 0 aliphatic heterocycles. The van der Waals surface area contributed by atoms with E-state index in [0.29, 0.717) is 12.2 Å². The number of aromatic nitrogens is 2. The first-order valence-electron chi connectivity index (χ1n) is 9.81. The van der Waals surface area contributed by atoms with Gasteiger partial charge in [0.15, 0.2) is 5.69 Å². The third-order valence-corrected chi connectivity index (χ3v) is 5.41. The molecule has 1 atom stereocenters. The number of para-hydroxylation sites is 1. The number of rotatable bonds is 6. The Balaban J connectivity index is 1.56. The Labute approximate surface area is 166 Å². The third-order valence-electron chi connectivity index (χ3n) is 5.41. The van der Waals surface area contributed by atoms with E-state index in [0.717, 1.165) is 30.5 Å². The maximum absolute atomic E-state index is 13.0. The summed E-state index contributed by atoms with van der Waals surface area (Å²) in [4.78, 5) is 15.1. The molecule has 0 bridgehead atoms. The maximum Gasteiger partial charge on any atom is 0.272 e. The van der Waals surface area contributed by atoms with Crippen LogP contribution in [-0.2, 0) is 12.8 Å². The van der Waals surface area contributed by atoms with E-state index in [1.54, 1.807) is 0 Å². The Hall–Kier alpha value is -2.92. The summed E-state index contributed by atoms with van der Waals surface area (Å²) in [5.41, 5.74) is 5.04. The number of carbonyl (C=O) groups excluding carboxylic acids is 1. The van der Waals surface area contributed by atoms with E-state index >= 15 is 0 Å². The molecule has 0 fully saturated rings. The van der Waals surface area contributed by atoms with Gasteiger partial charge in [0.2, 0.25) is 0 Å². The van der Waals surface area contributed by atoms with Crippen LogP contribution in [0.4, 0.5) is 0 Å². The molecule has 1 aliphatic rings. The lowest BCUT2D eigenvalue weighted by Gasteiger charge is -2.25. The fourth-order valence-electron chi connectivity index (χ4n) is 3.95. The van der Waals surface area contributed by atoms with Gasteiger partial charge in [-0.3, -0.25) is 4.79 Å². The van der Waals surface area contributed by atoms with Crippen molar-refractivity contribution in [2.75, 3.05) is 20.6 Å². The van der Waals surface area contributed by atoms with Gasteiger partial charge in [-0.1, -0.05) is 48.5 Å². The lowest BCUT2D eigenvalue weighted by atomic mass is 10.1. The predicted molar refractivity (Wildman–Crippen MR) is 111 cm³/mol. The molecule has 1 aliphatic carbocycles. The van der Waals surface area contributed by atoms with E-state index in [2.05, 4.69) is 27.4 Å². The number of likely N-dealkylation sites (N-methyl/N-ethyl adjacent to an activating group) is 1. The van der Waals surface area contributed by atoms with E-state index in [-0.39, 0.29) is 11.9 Å². The minimum atomic E-state index is -0.0874. The van der Waals surface area contributed by atoms with Gasteiger partial charge in [0, 0.05) is 17.8 Å². The Morgan fingerprint density at radius 2 is 1.75 bits per heavy atom. The summed E-state index contributed by atoms with van der Waals surface area (Å²) < 4.78 is 1.94. The van der Waals surface area contributed by atoms with Crippen LogP contribution in [0.5, 0.6) is 0 Å². The summed E-state index contributed by atoms with van der Waals surface area (Å²) in [6, 6.07) is 20.4. The van der Waals surface area contributed by atoms with Crippen molar-refractivity contribution >= 4 is 5.91 Å². The largest absolute Gasteiger partial charge is 0.349 e. The molecule has 2 aromatic carbocycles. The van der Waals surface area contributed by atoms with Crippen molar-refractivity contribution in [1.82, 2.24) is 20.0 Å². The highest BCUT2D eigenvalue weighted by Crippen LogP contribution is 2.28. The fraction of sp³-hybridized carbons (Fsp3) is 0.304. The molecular formula is C23H26N4O. The lowest BCUT2D eigenvalue weighted by molar-refractivity contribution is 0.0935. The zero-order valence-electron chi connectivity index (χ0n) is 16.4. The van der Waals surface area contributed by atoms with Gasteiger partial charge in [-0.05, 0) is 51.1 Å². The van der Waals surface area contributed by atoms with Crippen molar-refractivity contribution in [3.8, 4) is 5.69 Å². The first-order chi connectivity index (χ1) is 13.6. The van der Waals surface area contributed by atoms with Gasteiger partial charge in [-0.2, -0.15) is 5.10 Å². The van der Waals surface area contributed by atoms with Gasteiger partial charge in [0.05, 0.1) is 11.7 Å². The SMILES string of the molecule is CN(C)C(CNC(=O)c1nn(-c2ccccc2)c2c1CCC2)c1ccccc1. The summed E-state index contributed by atoms with van der Waals surface area (Å²) in [5.74, 6) is -0.0874. The quantitative estimate of drug-likeness (QED) is 0.719. The molecule has 4 rings (SSSR count). The van der Waals surface area contributed by atoms with Crippen molar-refractivity contribution in [2.45, 2.75) is 25.3 Å². The van der Waals surface area contributed by atoms with Gasteiger partial charge in [0.1, 0.15) is 0 Å². The number of amides is 1. The van der Waals surface area contributed by atoms with Crippen LogP contribution in [0.25, 0.3) is 5.69 Å². The monoisotopic (exact) mass is 374 g/mol. The lowest BCUT2D eigenvalue weighted by Crippen LogP contribution is -2.35. The number of hydrogen-bond donors (Lipinski definition) is 1. The van der Waals surface area contributed by atoms with Crippen molar-refractivity contribution in [3.05, 3.63) is 83.2 Å². The zero-order valence-corrected chi connectivity index (χ0v) is 16.4. The minimum Gasteiger partial charge on any atom is -0.349 e. The second kappa shape index (κ2) is 7.98. The van der Waals surface area contributed by atoms with Gasteiger partial charge in [-0.25, -0.2) is 4.68 Å². The number of benzene rings is 2. The molecule has 5 nitrogen and oxygen atoms in total. The summed E-state index contributed by atoms with van der Waals surface area (Å²) in [5, 5.41) is 7.81. The average molecular weight is 374 g/mol. The zero-order chi connectivity index (χ0) is 19.5. The second-order valence-electron chi connectivity index (χ2n) is 7.47. The first kappa shape index (κ1) is 18.4. The van der Waals surface area contributed by atoms with Gasteiger partial charge >= 0.3 is 0 Å². The molecule has 0 spiro atoms. The van der Waals surface area contributed by atoms with E-state index in [9.17, 15) is 4.79 Å². The van der Waals surface area contributed by atoms with Gasteiger partial charge < -0.3 is 10.2 Å². The molecule has 0 saturated heterocycles. The number of nitrogens with one attached hydrogen (secondary N) is 1. The summed E-state index contributed by atoms with van der Waals surface area (Å²) in [6.07, 6.45) is 2.96. The second-order valence-corrected chi connectivity index (χ2v) is 7.47. The highest BCUT2D eigenvalue weighted by atomic mass is 16.2. The van der Waals surface area contributed by atoms with Crippen LogP contribution in [0.15, 0.2) is 60.7 Å². The van der Waals surface area contributed by atoms with Crippen LogP contribution in [-0.4, -0.2) is 41.2 Å². The van der Waals surface area contributed by atoms with E-state index < -0.39 is 0 Å². The van der Waals surface area contributed by atoms with Crippen molar-refractivity contribution in [1.29, 1.82) is 0 Å². The molecule has 0 radical (unpaired) electrons. The molecule has 144 valence electrons. The van der Waals surface area contributed by atoms with Crippen LogP contribution in [0.3, 0.4) is 0 Å². The van der Waals surface area contributed by atoms with Crippen LogP contribution in [0.2, 0.25) is 0 Å². The highest BCUT2D eigenvalue weighted by Gasteiger charge is 2.27. The number of hydrogen-bond acceptors (Lipinski definition) is 3. The molecule has 1 heterocycles. The Morgan fingerprint density at radius 1 is 1.07 bits per heavy atom. The molecule has 3 aromatic rings. The normalized spacial score (nSPS) is 14.1. The molecule has 1 aromatic heterocycles. The van der Waals surface area contributed by atoms with Crippen LogP contribution in [0.1, 0.15) is 39.8 Å². The Morgan fingerprint density at radius 3 is 2.43 bits per heavy atom. The molecule has 1 unspecified atom stereocenters. The summed E-state index contributed by atoms with van der Waals surface area (Å²) >= 11 is 0.